The second-order valence-corrected chi connectivity index (χ2v) is 4.76. The Labute approximate surface area is 123 Å². The van der Waals surface area contributed by atoms with Gasteiger partial charge in [0, 0.05) is 5.69 Å². The van der Waals surface area contributed by atoms with Gasteiger partial charge in [-0.25, -0.2) is 0 Å². The lowest BCUT2D eigenvalue weighted by molar-refractivity contribution is -0.105. The number of anilines is 1. The second-order valence-electron chi connectivity index (χ2n) is 4.76. The van der Waals surface area contributed by atoms with Crippen LogP contribution >= 0.6 is 0 Å². The molecule has 0 radical (unpaired) electrons. The monoisotopic (exact) mass is 277 g/mol. The molecule has 3 aromatic rings. The quantitative estimate of drug-likeness (QED) is 0.716. The Morgan fingerprint density at radius 1 is 0.905 bits per heavy atom. The average molecular weight is 277 g/mol. The first-order chi connectivity index (χ1) is 10.3. The number of hydrogen-bond acceptors (Lipinski definition) is 2. The van der Waals surface area contributed by atoms with Crippen molar-refractivity contribution in [2.24, 2.45) is 0 Å². The van der Waals surface area contributed by atoms with Crippen LogP contribution in [0, 0.1) is 0 Å². The lowest BCUT2D eigenvalue weighted by atomic mass is 10.1. The Kier molecular flexibility index (Phi) is 3.83. The van der Waals surface area contributed by atoms with Gasteiger partial charge in [0.2, 0.25) is 6.41 Å². The van der Waals surface area contributed by atoms with Gasteiger partial charge < -0.3 is 10.1 Å². The summed E-state index contributed by atoms with van der Waals surface area (Å²) in [4.78, 5) is 10.3. The molecule has 3 heteroatoms. The molecule has 0 fully saturated rings. The number of benzene rings is 3. The maximum absolute atomic E-state index is 10.3. The van der Waals surface area contributed by atoms with Gasteiger partial charge in [0.1, 0.15) is 12.4 Å². The van der Waals surface area contributed by atoms with Crippen molar-refractivity contribution in [3.05, 3.63) is 72.3 Å². The summed E-state index contributed by atoms with van der Waals surface area (Å²) in [6.07, 6.45) is 0.658. The van der Waals surface area contributed by atoms with Gasteiger partial charge in [-0.2, -0.15) is 0 Å². The van der Waals surface area contributed by atoms with Gasteiger partial charge in [0.25, 0.3) is 0 Å². The molecule has 3 nitrogen and oxygen atoms in total. The van der Waals surface area contributed by atoms with Crippen LogP contribution in [0.15, 0.2) is 66.7 Å². The summed E-state index contributed by atoms with van der Waals surface area (Å²) in [5, 5.41) is 5.03. The van der Waals surface area contributed by atoms with Crippen molar-refractivity contribution in [3.63, 3.8) is 0 Å². The molecule has 3 aromatic carbocycles. The largest absolute Gasteiger partial charge is 0.489 e. The summed E-state index contributed by atoms with van der Waals surface area (Å²) in [6.45, 7) is 0.519. The molecule has 104 valence electrons. The third kappa shape index (κ3) is 3.20. The normalized spacial score (nSPS) is 10.3. The molecular formula is C18H15NO2. The van der Waals surface area contributed by atoms with Gasteiger partial charge in [-0.3, -0.25) is 4.79 Å². The molecule has 0 aliphatic carbocycles. The molecule has 0 aromatic heterocycles. The number of nitrogens with one attached hydrogen (secondary N) is 1. The van der Waals surface area contributed by atoms with E-state index in [4.69, 9.17) is 4.74 Å². The first kappa shape index (κ1) is 13.2. The van der Waals surface area contributed by atoms with Crippen molar-refractivity contribution in [1.82, 2.24) is 0 Å². The lowest BCUT2D eigenvalue weighted by Crippen LogP contribution is -1.96. The topological polar surface area (TPSA) is 38.3 Å². The van der Waals surface area contributed by atoms with Crippen LogP contribution in [0.5, 0.6) is 5.75 Å². The molecule has 0 aliphatic heterocycles. The second kappa shape index (κ2) is 6.09. The zero-order valence-electron chi connectivity index (χ0n) is 11.5. The minimum Gasteiger partial charge on any atom is -0.489 e. The van der Waals surface area contributed by atoms with Gasteiger partial charge >= 0.3 is 0 Å². The van der Waals surface area contributed by atoms with Crippen LogP contribution < -0.4 is 10.1 Å². The highest BCUT2D eigenvalue weighted by molar-refractivity contribution is 5.82. The fraction of sp³-hybridized carbons (Fsp3) is 0.0556. The molecule has 0 unspecified atom stereocenters. The number of carbonyl (C=O) groups is 1. The molecule has 0 aliphatic rings. The van der Waals surface area contributed by atoms with Crippen molar-refractivity contribution in [1.29, 1.82) is 0 Å². The standard InChI is InChI=1S/C18H15NO2/c20-13-19-17-7-9-18(10-8-17)21-12-14-5-6-15-3-1-2-4-16(15)11-14/h1-11,13H,12H2,(H,19,20). The van der Waals surface area contributed by atoms with E-state index in [0.717, 1.165) is 17.0 Å². The Morgan fingerprint density at radius 3 is 2.43 bits per heavy atom. The van der Waals surface area contributed by atoms with Crippen molar-refractivity contribution in [2.75, 3.05) is 5.32 Å². The van der Waals surface area contributed by atoms with Gasteiger partial charge in [-0.1, -0.05) is 36.4 Å². The number of fused-ring (bicyclic) bond motifs is 1. The molecule has 0 bridgehead atoms. The molecule has 0 spiro atoms. The molecule has 0 saturated heterocycles. The van der Waals surface area contributed by atoms with Gasteiger partial charge in [0.05, 0.1) is 0 Å². The molecule has 0 heterocycles. The number of carbonyl (C=O) groups excluding carboxylic acids is 1. The van der Waals surface area contributed by atoms with E-state index in [0.29, 0.717) is 13.0 Å². The summed E-state index contributed by atoms with van der Waals surface area (Å²) in [5.74, 6) is 0.777. The maximum Gasteiger partial charge on any atom is 0.211 e. The first-order valence-corrected chi connectivity index (χ1v) is 6.76. The number of hydrogen-bond donors (Lipinski definition) is 1. The molecule has 0 saturated carbocycles. The fourth-order valence-electron chi connectivity index (χ4n) is 2.21. The van der Waals surface area contributed by atoms with E-state index in [9.17, 15) is 4.79 Å². The predicted octanol–water partition coefficient (Wildman–Crippen LogP) is 3.99. The number of amides is 1. The van der Waals surface area contributed by atoms with Crippen molar-refractivity contribution >= 4 is 22.9 Å². The van der Waals surface area contributed by atoms with Crippen LogP contribution in [0.25, 0.3) is 10.8 Å². The highest BCUT2D eigenvalue weighted by Gasteiger charge is 1.99. The molecule has 3 rings (SSSR count). The van der Waals surface area contributed by atoms with E-state index in [1.807, 2.05) is 36.4 Å². The fourth-order valence-corrected chi connectivity index (χ4v) is 2.21. The number of ether oxygens (including phenoxy) is 1. The zero-order valence-corrected chi connectivity index (χ0v) is 11.5. The smallest absolute Gasteiger partial charge is 0.211 e. The Balaban J connectivity index is 1.69. The summed E-state index contributed by atoms with van der Waals surface area (Å²) in [5.41, 5.74) is 1.88. The van der Waals surface area contributed by atoms with Gasteiger partial charge in [-0.05, 0) is 46.7 Å². The van der Waals surface area contributed by atoms with Crippen LogP contribution in [0.2, 0.25) is 0 Å². The first-order valence-electron chi connectivity index (χ1n) is 6.76. The molecule has 1 N–H and O–H groups in total. The number of rotatable bonds is 5. The zero-order chi connectivity index (χ0) is 14.5. The maximum atomic E-state index is 10.3. The minimum atomic E-state index is 0.519. The Hall–Kier alpha value is -2.81. The SMILES string of the molecule is O=CNc1ccc(OCc2ccc3ccccc3c2)cc1. The van der Waals surface area contributed by atoms with E-state index in [1.165, 1.54) is 10.8 Å². The van der Waals surface area contributed by atoms with E-state index in [2.05, 4.69) is 35.6 Å². The summed E-state index contributed by atoms with van der Waals surface area (Å²) in [6, 6.07) is 21.9. The van der Waals surface area contributed by atoms with Crippen molar-refractivity contribution in [3.8, 4) is 5.75 Å². The van der Waals surface area contributed by atoms with Crippen molar-refractivity contribution < 1.29 is 9.53 Å². The van der Waals surface area contributed by atoms with Crippen LogP contribution in [0.1, 0.15) is 5.56 Å². The van der Waals surface area contributed by atoms with E-state index < -0.39 is 0 Å². The third-order valence-corrected chi connectivity index (χ3v) is 3.30. The molecule has 0 atom stereocenters. The van der Waals surface area contributed by atoms with E-state index >= 15 is 0 Å². The van der Waals surface area contributed by atoms with Crippen molar-refractivity contribution in [2.45, 2.75) is 6.61 Å². The average Bonchev–Trinajstić information content (AvgIpc) is 2.54. The van der Waals surface area contributed by atoms with Crippen LogP contribution in [-0.2, 0) is 11.4 Å². The molecule has 21 heavy (non-hydrogen) atoms. The lowest BCUT2D eigenvalue weighted by Gasteiger charge is -2.08. The van der Waals surface area contributed by atoms with Gasteiger partial charge in [-0.15, -0.1) is 0 Å². The van der Waals surface area contributed by atoms with Gasteiger partial charge in [0.15, 0.2) is 0 Å². The minimum absolute atomic E-state index is 0.519. The molecule has 1 amide bonds. The van der Waals surface area contributed by atoms with E-state index in [1.54, 1.807) is 0 Å². The molecular weight excluding hydrogens is 262 g/mol. The third-order valence-electron chi connectivity index (χ3n) is 3.30. The Bertz CT molecular complexity index is 751. The predicted molar refractivity (Wildman–Crippen MR) is 84.4 cm³/mol. The highest BCUT2D eigenvalue weighted by atomic mass is 16.5. The summed E-state index contributed by atoms with van der Waals surface area (Å²) >= 11 is 0. The highest BCUT2D eigenvalue weighted by Crippen LogP contribution is 2.19. The van der Waals surface area contributed by atoms with E-state index in [-0.39, 0.29) is 0 Å². The van der Waals surface area contributed by atoms with Crippen LogP contribution in [0.4, 0.5) is 5.69 Å². The summed E-state index contributed by atoms with van der Waals surface area (Å²) < 4.78 is 5.76. The summed E-state index contributed by atoms with van der Waals surface area (Å²) in [7, 11) is 0. The Morgan fingerprint density at radius 2 is 1.67 bits per heavy atom. The van der Waals surface area contributed by atoms with Crippen LogP contribution in [0.3, 0.4) is 0 Å². The van der Waals surface area contributed by atoms with Crippen LogP contribution in [-0.4, -0.2) is 6.41 Å².